The number of ether oxygens (including phenoxy) is 1. The number of benzene rings is 2. The summed E-state index contributed by atoms with van der Waals surface area (Å²) >= 11 is 0. The van der Waals surface area contributed by atoms with Gasteiger partial charge in [-0.15, -0.1) is 0 Å². The van der Waals surface area contributed by atoms with Gasteiger partial charge in [0.05, 0.1) is 11.8 Å². The number of hydrogen-bond donors (Lipinski definition) is 0. The molecule has 3 aromatic rings. The van der Waals surface area contributed by atoms with E-state index in [1.807, 2.05) is 44.2 Å². The Hall–Kier alpha value is -4.08. The van der Waals surface area contributed by atoms with E-state index in [0.717, 1.165) is 16.2 Å². The quantitative estimate of drug-likeness (QED) is 0.550. The summed E-state index contributed by atoms with van der Waals surface area (Å²) in [5.41, 5.74) is 1.27. The summed E-state index contributed by atoms with van der Waals surface area (Å²) in [6.07, 6.45) is 0.0825. The normalized spacial score (nSPS) is 19.8. The van der Waals surface area contributed by atoms with Gasteiger partial charge in [-0.1, -0.05) is 28.6 Å². The lowest BCUT2D eigenvalue weighted by atomic mass is 10.1. The highest BCUT2D eigenvalue weighted by molar-refractivity contribution is 6.25. The monoisotopic (exact) mass is 432 g/mol. The zero-order valence-electron chi connectivity index (χ0n) is 17.5. The first-order valence-electron chi connectivity index (χ1n) is 10.2. The molecule has 0 N–H and O–H groups in total. The van der Waals surface area contributed by atoms with Crippen LogP contribution in [0.2, 0.25) is 0 Å². The SMILES string of the molecule is CC(C)Oc1ccc(-c2noc(CN3N=N[C@@H]4C(=O)N(c5ccccc5)C(=O)[C@@H]43)n2)cc1. The van der Waals surface area contributed by atoms with Crippen molar-refractivity contribution in [3.63, 3.8) is 0 Å². The Bertz CT molecular complexity index is 1170. The fourth-order valence-electron chi connectivity index (χ4n) is 3.72. The van der Waals surface area contributed by atoms with Crippen molar-refractivity contribution in [2.24, 2.45) is 10.3 Å². The van der Waals surface area contributed by atoms with Gasteiger partial charge in [0, 0.05) is 5.56 Å². The van der Waals surface area contributed by atoms with Gasteiger partial charge in [0.25, 0.3) is 11.8 Å². The maximum absolute atomic E-state index is 13.0. The fraction of sp³-hybridized carbons (Fsp3) is 0.273. The van der Waals surface area contributed by atoms with E-state index in [9.17, 15) is 9.59 Å². The minimum Gasteiger partial charge on any atom is -0.491 e. The van der Waals surface area contributed by atoms with Crippen molar-refractivity contribution in [1.82, 2.24) is 15.1 Å². The highest BCUT2D eigenvalue weighted by Gasteiger charge is 2.55. The van der Waals surface area contributed by atoms with Crippen molar-refractivity contribution >= 4 is 17.5 Å². The third kappa shape index (κ3) is 3.49. The molecule has 0 aliphatic carbocycles. The van der Waals surface area contributed by atoms with E-state index < -0.39 is 18.0 Å². The average Bonchev–Trinajstić information content (AvgIpc) is 3.47. The lowest BCUT2D eigenvalue weighted by molar-refractivity contribution is -0.123. The van der Waals surface area contributed by atoms with Crippen LogP contribution >= 0.6 is 0 Å². The zero-order valence-corrected chi connectivity index (χ0v) is 17.5. The first-order valence-corrected chi connectivity index (χ1v) is 10.2. The summed E-state index contributed by atoms with van der Waals surface area (Å²) in [6, 6.07) is 14.4. The predicted octanol–water partition coefficient (Wildman–Crippen LogP) is 3.02. The molecule has 0 radical (unpaired) electrons. The molecule has 2 aromatic carbocycles. The van der Waals surface area contributed by atoms with Gasteiger partial charge in [-0.05, 0) is 50.2 Å². The number of nitrogens with zero attached hydrogens (tertiary/aromatic N) is 6. The van der Waals surface area contributed by atoms with E-state index in [4.69, 9.17) is 9.26 Å². The number of imide groups is 1. The van der Waals surface area contributed by atoms with Crippen molar-refractivity contribution in [3.05, 3.63) is 60.5 Å². The summed E-state index contributed by atoms with van der Waals surface area (Å²) in [6.45, 7) is 3.98. The Morgan fingerprint density at radius 2 is 1.78 bits per heavy atom. The van der Waals surface area contributed by atoms with E-state index in [1.165, 1.54) is 5.01 Å². The van der Waals surface area contributed by atoms with Crippen LogP contribution in [0.5, 0.6) is 5.75 Å². The third-order valence-corrected chi connectivity index (χ3v) is 5.12. The Labute approximate surface area is 183 Å². The van der Waals surface area contributed by atoms with E-state index in [-0.39, 0.29) is 24.4 Å². The molecule has 5 rings (SSSR count). The van der Waals surface area contributed by atoms with Crippen LogP contribution in [-0.2, 0) is 16.1 Å². The van der Waals surface area contributed by atoms with Gasteiger partial charge in [0.15, 0.2) is 12.1 Å². The van der Waals surface area contributed by atoms with E-state index in [1.54, 1.807) is 24.3 Å². The zero-order chi connectivity index (χ0) is 22.2. The molecule has 1 saturated heterocycles. The average molecular weight is 432 g/mol. The topological polar surface area (TPSA) is 113 Å². The predicted molar refractivity (Wildman–Crippen MR) is 112 cm³/mol. The highest BCUT2D eigenvalue weighted by Crippen LogP contribution is 2.32. The molecule has 32 heavy (non-hydrogen) atoms. The second kappa shape index (κ2) is 7.88. The molecule has 10 nitrogen and oxygen atoms in total. The van der Waals surface area contributed by atoms with Gasteiger partial charge in [-0.25, -0.2) is 4.90 Å². The number of anilines is 1. The van der Waals surface area contributed by atoms with Crippen LogP contribution in [0.25, 0.3) is 11.4 Å². The molecular formula is C22H20N6O4. The number of amides is 2. The Morgan fingerprint density at radius 1 is 1.03 bits per heavy atom. The van der Waals surface area contributed by atoms with Gasteiger partial charge in [-0.3, -0.25) is 14.6 Å². The number of rotatable bonds is 6. The Balaban J connectivity index is 1.31. The molecule has 1 aromatic heterocycles. The summed E-state index contributed by atoms with van der Waals surface area (Å²) in [7, 11) is 0. The van der Waals surface area contributed by atoms with E-state index in [0.29, 0.717) is 11.5 Å². The molecule has 2 aliphatic rings. The van der Waals surface area contributed by atoms with Crippen LogP contribution < -0.4 is 9.64 Å². The van der Waals surface area contributed by atoms with E-state index >= 15 is 0 Å². The molecule has 0 bridgehead atoms. The number of carbonyl (C=O) groups is 2. The molecule has 1 fully saturated rings. The van der Waals surface area contributed by atoms with Crippen LogP contribution in [0.4, 0.5) is 5.69 Å². The number of para-hydroxylation sites is 1. The molecular weight excluding hydrogens is 412 g/mol. The number of hydrogen-bond acceptors (Lipinski definition) is 9. The summed E-state index contributed by atoms with van der Waals surface area (Å²) in [5.74, 6) is 0.650. The lowest BCUT2D eigenvalue weighted by Gasteiger charge is -2.19. The third-order valence-electron chi connectivity index (χ3n) is 5.12. The van der Waals surface area contributed by atoms with Gasteiger partial charge in [0.2, 0.25) is 11.7 Å². The Morgan fingerprint density at radius 3 is 2.50 bits per heavy atom. The van der Waals surface area contributed by atoms with Crippen molar-refractivity contribution in [2.75, 3.05) is 4.90 Å². The number of aromatic nitrogens is 2. The largest absolute Gasteiger partial charge is 0.491 e. The second-order valence-electron chi connectivity index (χ2n) is 7.74. The Kier molecular flexibility index (Phi) is 4.89. The standard InChI is InChI=1S/C22H20N6O4/c1-13(2)31-16-10-8-14(9-11-16)20-23-17(32-25-20)12-27-19-18(24-26-27)21(29)28(22(19)30)15-6-4-3-5-7-15/h3-11,13,18-19H,12H2,1-2H3/t18-,19+/m0/s1. The molecule has 0 saturated carbocycles. The molecule has 3 heterocycles. The number of carbonyl (C=O) groups excluding carboxylic acids is 2. The van der Waals surface area contributed by atoms with Crippen LogP contribution in [0.1, 0.15) is 19.7 Å². The maximum Gasteiger partial charge on any atom is 0.263 e. The van der Waals surface area contributed by atoms with Gasteiger partial charge in [-0.2, -0.15) is 10.1 Å². The molecule has 2 aliphatic heterocycles. The maximum atomic E-state index is 13.0. The molecule has 0 spiro atoms. The summed E-state index contributed by atoms with van der Waals surface area (Å²) < 4.78 is 11.0. The van der Waals surface area contributed by atoms with Gasteiger partial charge in [0.1, 0.15) is 12.3 Å². The van der Waals surface area contributed by atoms with Crippen molar-refractivity contribution < 1.29 is 18.8 Å². The summed E-state index contributed by atoms with van der Waals surface area (Å²) in [5, 5.41) is 13.5. The number of fused-ring (bicyclic) bond motifs is 1. The lowest BCUT2D eigenvalue weighted by Crippen LogP contribution is -2.39. The van der Waals surface area contributed by atoms with E-state index in [2.05, 4.69) is 20.5 Å². The smallest absolute Gasteiger partial charge is 0.263 e. The van der Waals surface area contributed by atoms with Gasteiger partial charge >= 0.3 is 0 Å². The highest BCUT2D eigenvalue weighted by atomic mass is 16.5. The van der Waals surface area contributed by atoms with Gasteiger partial charge < -0.3 is 9.26 Å². The van der Waals surface area contributed by atoms with Crippen LogP contribution in [-0.4, -0.2) is 45.2 Å². The van der Waals surface area contributed by atoms with Crippen molar-refractivity contribution in [3.8, 4) is 17.1 Å². The second-order valence-corrected chi connectivity index (χ2v) is 7.74. The molecule has 2 amide bonds. The minimum absolute atomic E-state index is 0.0634. The molecule has 0 unspecified atom stereocenters. The molecule has 2 atom stereocenters. The van der Waals surface area contributed by atoms with Crippen molar-refractivity contribution in [1.29, 1.82) is 0 Å². The summed E-state index contributed by atoms with van der Waals surface area (Å²) in [4.78, 5) is 31.3. The van der Waals surface area contributed by atoms with Crippen LogP contribution in [0, 0.1) is 0 Å². The first-order chi connectivity index (χ1) is 15.5. The fourth-order valence-corrected chi connectivity index (χ4v) is 3.72. The molecule has 10 heteroatoms. The van der Waals surface area contributed by atoms with Crippen LogP contribution in [0.3, 0.4) is 0 Å². The minimum atomic E-state index is -0.876. The first kappa shape index (κ1) is 19.9. The van der Waals surface area contributed by atoms with Crippen molar-refractivity contribution in [2.45, 2.75) is 38.6 Å². The molecule has 162 valence electrons. The van der Waals surface area contributed by atoms with Crippen LogP contribution in [0.15, 0.2) is 69.5 Å².